The van der Waals surface area contributed by atoms with Gasteiger partial charge in [-0.25, -0.2) is 0 Å². The minimum Gasteiger partial charge on any atom is -0.346 e. The SMILES string of the molecule is CCN(C(=S)Nc1cc(C)cc(C)c1)C1CCCCC1. The molecule has 2 rings (SSSR count). The van der Waals surface area contributed by atoms with Crippen LogP contribution < -0.4 is 5.32 Å². The number of thiocarbonyl (C=S) groups is 1. The van der Waals surface area contributed by atoms with Gasteiger partial charge in [0, 0.05) is 18.3 Å². The van der Waals surface area contributed by atoms with Crippen LogP contribution in [0.15, 0.2) is 18.2 Å². The fourth-order valence-corrected chi connectivity index (χ4v) is 3.60. The van der Waals surface area contributed by atoms with Crippen LogP contribution in [-0.2, 0) is 0 Å². The lowest BCUT2D eigenvalue weighted by atomic mass is 9.94. The Morgan fingerprint density at radius 2 is 1.75 bits per heavy atom. The van der Waals surface area contributed by atoms with Crippen LogP contribution in [0.5, 0.6) is 0 Å². The molecule has 110 valence electrons. The predicted octanol–water partition coefficient (Wildman–Crippen LogP) is 4.65. The Morgan fingerprint density at radius 1 is 1.15 bits per heavy atom. The van der Waals surface area contributed by atoms with E-state index in [1.807, 2.05) is 0 Å². The van der Waals surface area contributed by atoms with E-state index in [0.717, 1.165) is 17.3 Å². The number of anilines is 1. The zero-order valence-corrected chi connectivity index (χ0v) is 13.7. The van der Waals surface area contributed by atoms with Gasteiger partial charge in [-0.2, -0.15) is 0 Å². The van der Waals surface area contributed by atoms with Crippen LogP contribution in [-0.4, -0.2) is 22.6 Å². The molecule has 1 aromatic carbocycles. The van der Waals surface area contributed by atoms with Gasteiger partial charge in [-0.1, -0.05) is 25.3 Å². The van der Waals surface area contributed by atoms with E-state index in [1.54, 1.807) is 0 Å². The van der Waals surface area contributed by atoms with Gasteiger partial charge in [0.05, 0.1) is 0 Å². The van der Waals surface area contributed by atoms with Crippen molar-refractivity contribution in [2.24, 2.45) is 0 Å². The number of rotatable bonds is 3. The van der Waals surface area contributed by atoms with Crippen molar-refractivity contribution in [1.82, 2.24) is 4.90 Å². The van der Waals surface area contributed by atoms with E-state index in [-0.39, 0.29) is 0 Å². The predicted molar refractivity (Wildman–Crippen MR) is 91.4 cm³/mol. The van der Waals surface area contributed by atoms with Crippen molar-refractivity contribution in [2.75, 3.05) is 11.9 Å². The van der Waals surface area contributed by atoms with Crippen LogP contribution >= 0.6 is 12.2 Å². The molecule has 0 aliphatic heterocycles. The lowest BCUT2D eigenvalue weighted by Crippen LogP contribution is -2.43. The lowest BCUT2D eigenvalue weighted by molar-refractivity contribution is 0.255. The Bertz CT molecular complexity index is 444. The number of hydrogen-bond donors (Lipinski definition) is 1. The first kappa shape index (κ1) is 15.3. The maximum atomic E-state index is 5.64. The zero-order valence-electron chi connectivity index (χ0n) is 12.9. The van der Waals surface area contributed by atoms with Crippen molar-refractivity contribution < 1.29 is 0 Å². The number of nitrogens with zero attached hydrogens (tertiary/aromatic N) is 1. The third-order valence-corrected chi connectivity index (χ3v) is 4.43. The van der Waals surface area contributed by atoms with Crippen molar-refractivity contribution in [3.63, 3.8) is 0 Å². The summed E-state index contributed by atoms with van der Waals surface area (Å²) in [5, 5.41) is 4.31. The van der Waals surface area contributed by atoms with Crippen LogP contribution in [0.25, 0.3) is 0 Å². The lowest BCUT2D eigenvalue weighted by Gasteiger charge is -2.35. The monoisotopic (exact) mass is 290 g/mol. The average Bonchev–Trinajstić information content (AvgIpc) is 2.39. The van der Waals surface area contributed by atoms with Gasteiger partial charge in [-0.15, -0.1) is 0 Å². The van der Waals surface area contributed by atoms with Crippen LogP contribution in [0, 0.1) is 13.8 Å². The van der Waals surface area contributed by atoms with Gasteiger partial charge >= 0.3 is 0 Å². The van der Waals surface area contributed by atoms with E-state index in [9.17, 15) is 0 Å². The molecular formula is C17H26N2S. The molecule has 0 amide bonds. The molecular weight excluding hydrogens is 264 g/mol. The molecule has 0 unspecified atom stereocenters. The number of hydrogen-bond acceptors (Lipinski definition) is 1. The minimum absolute atomic E-state index is 0.625. The number of aryl methyl sites for hydroxylation is 2. The van der Waals surface area contributed by atoms with Gasteiger partial charge in [0.25, 0.3) is 0 Å². The molecule has 1 saturated carbocycles. The largest absolute Gasteiger partial charge is 0.346 e. The Labute approximate surface area is 128 Å². The van der Waals surface area contributed by atoms with Crippen molar-refractivity contribution >= 4 is 23.0 Å². The summed E-state index contributed by atoms with van der Waals surface area (Å²) in [6.07, 6.45) is 6.62. The molecule has 20 heavy (non-hydrogen) atoms. The second-order valence-electron chi connectivity index (χ2n) is 5.88. The summed E-state index contributed by atoms with van der Waals surface area (Å²) >= 11 is 5.64. The van der Waals surface area contributed by atoms with Gasteiger partial charge < -0.3 is 10.2 Å². The van der Waals surface area contributed by atoms with E-state index < -0.39 is 0 Å². The van der Waals surface area contributed by atoms with E-state index in [4.69, 9.17) is 12.2 Å². The molecule has 0 heterocycles. The van der Waals surface area contributed by atoms with Crippen LogP contribution in [0.3, 0.4) is 0 Å². The van der Waals surface area contributed by atoms with E-state index in [0.29, 0.717) is 6.04 Å². The molecule has 0 spiro atoms. The molecule has 0 atom stereocenters. The highest BCUT2D eigenvalue weighted by Gasteiger charge is 2.21. The normalized spacial score (nSPS) is 15.9. The van der Waals surface area contributed by atoms with Crippen LogP contribution in [0.1, 0.15) is 50.2 Å². The van der Waals surface area contributed by atoms with Gasteiger partial charge in [0.1, 0.15) is 0 Å². The molecule has 1 aliphatic carbocycles. The average molecular weight is 290 g/mol. The first-order valence-electron chi connectivity index (χ1n) is 7.76. The summed E-state index contributed by atoms with van der Waals surface area (Å²) in [6, 6.07) is 7.13. The Morgan fingerprint density at radius 3 is 2.30 bits per heavy atom. The highest BCUT2D eigenvalue weighted by Crippen LogP contribution is 2.23. The number of benzene rings is 1. The molecule has 0 saturated heterocycles. The topological polar surface area (TPSA) is 15.3 Å². The summed E-state index contributed by atoms with van der Waals surface area (Å²) in [6.45, 7) is 7.44. The first-order chi connectivity index (χ1) is 9.60. The van der Waals surface area contributed by atoms with Gasteiger partial charge in [-0.05, 0) is 69.1 Å². The van der Waals surface area contributed by atoms with Crippen molar-refractivity contribution in [2.45, 2.75) is 58.9 Å². The Balaban J connectivity index is 2.04. The third-order valence-electron chi connectivity index (χ3n) is 4.09. The highest BCUT2D eigenvalue weighted by atomic mass is 32.1. The quantitative estimate of drug-likeness (QED) is 0.815. The minimum atomic E-state index is 0.625. The van der Waals surface area contributed by atoms with E-state index in [2.05, 4.69) is 49.2 Å². The van der Waals surface area contributed by atoms with Gasteiger partial charge in [0.15, 0.2) is 5.11 Å². The Hall–Kier alpha value is -1.09. The summed E-state index contributed by atoms with van der Waals surface area (Å²) in [5.41, 5.74) is 3.66. The van der Waals surface area contributed by atoms with Crippen LogP contribution in [0.4, 0.5) is 5.69 Å². The standard InChI is InChI=1S/C17H26N2S/c1-4-19(16-8-6-5-7-9-16)17(20)18-15-11-13(2)10-14(3)12-15/h10-12,16H,4-9H2,1-3H3,(H,18,20). The maximum absolute atomic E-state index is 5.64. The molecule has 1 N–H and O–H groups in total. The second-order valence-corrected chi connectivity index (χ2v) is 6.27. The molecule has 1 aliphatic rings. The highest BCUT2D eigenvalue weighted by molar-refractivity contribution is 7.80. The maximum Gasteiger partial charge on any atom is 0.173 e. The molecule has 0 bridgehead atoms. The zero-order chi connectivity index (χ0) is 14.5. The fourth-order valence-electron chi connectivity index (χ4n) is 3.20. The van der Waals surface area contributed by atoms with E-state index in [1.165, 1.54) is 43.2 Å². The molecule has 2 nitrogen and oxygen atoms in total. The van der Waals surface area contributed by atoms with Gasteiger partial charge in [0.2, 0.25) is 0 Å². The number of nitrogens with one attached hydrogen (secondary N) is 1. The van der Waals surface area contributed by atoms with Crippen molar-refractivity contribution in [1.29, 1.82) is 0 Å². The summed E-state index contributed by atoms with van der Waals surface area (Å²) in [5.74, 6) is 0. The first-order valence-corrected chi connectivity index (χ1v) is 8.17. The molecule has 0 radical (unpaired) electrons. The smallest absolute Gasteiger partial charge is 0.173 e. The summed E-state index contributed by atoms with van der Waals surface area (Å²) in [7, 11) is 0. The summed E-state index contributed by atoms with van der Waals surface area (Å²) in [4.78, 5) is 2.37. The van der Waals surface area contributed by atoms with Crippen molar-refractivity contribution in [3.8, 4) is 0 Å². The summed E-state index contributed by atoms with van der Waals surface area (Å²) < 4.78 is 0. The van der Waals surface area contributed by atoms with E-state index >= 15 is 0 Å². The molecule has 1 aromatic rings. The van der Waals surface area contributed by atoms with Crippen molar-refractivity contribution in [3.05, 3.63) is 29.3 Å². The fraction of sp³-hybridized carbons (Fsp3) is 0.588. The second kappa shape index (κ2) is 7.07. The van der Waals surface area contributed by atoms with Gasteiger partial charge in [-0.3, -0.25) is 0 Å². The Kier molecular flexibility index (Phi) is 5.41. The molecule has 3 heteroatoms. The third kappa shape index (κ3) is 3.95. The molecule has 0 aromatic heterocycles. The molecule has 1 fully saturated rings. The van der Waals surface area contributed by atoms with Crippen LogP contribution in [0.2, 0.25) is 0 Å².